The van der Waals surface area contributed by atoms with Crippen LogP contribution in [0.3, 0.4) is 0 Å². The van der Waals surface area contributed by atoms with E-state index in [4.69, 9.17) is 9.47 Å². The molecule has 0 bridgehead atoms. The predicted molar refractivity (Wildman–Crippen MR) is 70.4 cm³/mol. The molecule has 0 fully saturated rings. The van der Waals surface area contributed by atoms with Crippen LogP contribution >= 0.6 is 0 Å². The molecule has 1 aliphatic rings. The number of hydrogen-bond acceptors (Lipinski definition) is 4. The van der Waals surface area contributed by atoms with Crippen molar-refractivity contribution in [3.63, 3.8) is 0 Å². The fraction of sp³-hybridized carbons (Fsp3) is 0.500. The van der Waals surface area contributed by atoms with Crippen molar-refractivity contribution in [2.24, 2.45) is 0 Å². The standard InChI is InChI=1S/C14H19NO3/c1-4-12-8-15(9-17-3)13-7-11(10(2)16)5-6-14(13)18-12/h5-7,12H,4,8-9H2,1-3H3. The topological polar surface area (TPSA) is 38.8 Å². The maximum Gasteiger partial charge on any atom is 0.159 e. The lowest BCUT2D eigenvalue weighted by atomic mass is 10.1. The maximum absolute atomic E-state index is 11.4. The molecule has 1 aliphatic heterocycles. The number of fused-ring (bicyclic) bond motifs is 1. The zero-order valence-electron chi connectivity index (χ0n) is 11.1. The Morgan fingerprint density at radius 1 is 1.56 bits per heavy atom. The Morgan fingerprint density at radius 3 is 2.94 bits per heavy atom. The van der Waals surface area contributed by atoms with Crippen molar-refractivity contribution in [2.75, 3.05) is 25.3 Å². The number of nitrogens with zero attached hydrogens (tertiary/aromatic N) is 1. The summed E-state index contributed by atoms with van der Waals surface area (Å²) in [6.45, 7) is 4.97. The van der Waals surface area contributed by atoms with Gasteiger partial charge in [0.2, 0.25) is 0 Å². The molecule has 1 unspecified atom stereocenters. The summed E-state index contributed by atoms with van der Waals surface area (Å²) < 4.78 is 11.1. The molecule has 0 aromatic heterocycles. The smallest absolute Gasteiger partial charge is 0.159 e. The third kappa shape index (κ3) is 2.48. The van der Waals surface area contributed by atoms with Crippen molar-refractivity contribution >= 4 is 11.5 Å². The molecule has 0 radical (unpaired) electrons. The van der Waals surface area contributed by atoms with Gasteiger partial charge in [-0.25, -0.2) is 0 Å². The van der Waals surface area contributed by atoms with Crippen molar-refractivity contribution in [2.45, 2.75) is 26.4 Å². The zero-order chi connectivity index (χ0) is 13.1. The van der Waals surface area contributed by atoms with E-state index in [-0.39, 0.29) is 11.9 Å². The van der Waals surface area contributed by atoms with Gasteiger partial charge in [0, 0.05) is 12.7 Å². The van der Waals surface area contributed by atoms with Crippen molar-refractivity contribution in [1.29, 1.82) is 0 Å². The molecule has 1 heterocycles. The van der Waals surface area contributed by atoms with E-state index in [0.717, 1.165) is 24.4 Å². The van der Waals surface area contributed by atoms with Crippen LogP contribution in [0.25, 0.3) is 0 Å². The van der Waals surface area contributed by atoms with Crippen LogP contribution in [0.4, 0.5) is 5.69 Å². The SMILES string of the molecule is CCC1CN(COC)c2cc(C(C)=O)ccc2O1. The van der Waals surface area contributed by atoms with Crippen LogP contribution in [0.1, 0.15) is 30.6 Å². The lowest BCUT2D eigenvalue weighted by molar-refractivity contribution is 0.101. The lowest BCUT2D eigenvalue weighted by Gasteiger charge is -2.35. The molecule has 0 N–H and O–H groups in total. The summed E-state index contributed by atoms with van der Waals surface area (Å²) in [6, 6.07) is 5.56. The van der Waals surface area contributed by atoms with Gasteiger partial charge in [-0.2, -0.15) is 0 Å². The largest absolute Gasteiger partial charge is 0.486 e. The molecule has 4 nitrogen and oxygen atoms in total. The molecule has 4 heteroatoms. The van der Waals surface area contributed by atoms with Crippen LogP contribution in [0.5, 0.6) is 5.75 Å². The summed E-state index contributed by atoms with van der Waals surface area (Å²) in [4.78, 5) is 13.5. The summed E-state index contributed by atoms with van der Waals surface area (Å²) in [5, 5.41) is 0. The number of methoxy groups -OCH3 is 1. The van der Waals surface area contributed by atoms with Gasteiger partial charge in [-0.1, -0.05) is 6.92 Å². The van der Waals surface area contributed by atoms with Gasteiger partial charge >= 0.3 is 0 Å². The van der Waals surface area contributed by atoms with Gasteiger partial charge in [0.15, 0.2) is 5.78 Å². The zero-order valence-corrected chi connectivity index (χ0v) is 11.1. The number of benzene rings is 1. The highest BCUT2D eigenvalue weighted by atomic mass is 16.5. The summed E-state index contributed by atoms with van der Waals surface area (Å²) >= 11 is 0. The highest BCUT2D eigenvalue weighted by Gasteiger charge is 2.25. The second-order valence-corrected chi connectivity index (χ2v) is 4.53. The molecular weight excluding hydrogens is 230 g/mol. The van der Waals surface area contributed by atoms with Crippen LogP contribution in [0.2, 0.25) is 0 Å². The van der Waals surface area contributed by atoms with Crippen molar-refractivity contribution in [3.8, 4) is 5.75 Å². The van der Waals surface area contributed by atoms with Crippen LogP contribution in [0, 0.1) is 0 Å². The van der Waals surface area contributed by atoms with Gasteiger partial charge in [-0.05, 0) is 31.5 Å². The highest BCUT2D eigenvalue weighted by molar-refractivity contribution is 5.95. The fourth-order valence-electron chi connectivity index (χ4n) is 2.13. The maximum atomic E-state index is 11.4. The Kier molecular flexibility index (Phi) is 3.87. The number of ketones is 1. The van der Waals surface area contributed by atoms with Gasteiger partial charge in [-0.3, -0.25) is 4.79 Å². The third-order valence-electron chi connectivity index (χ3n) is 3.16. The van der Waals surface area contributed by atoms with E-state index in [1.54, 1.807) is 14.0 Å². The quantitative estimate of drug-likeness (QED) is 0.768. The van der Waals surface area contributed by atoms with E-state index in [2.05, 4.69) is 11.8 Å². The lowest BCUT2D eigenvalue weighted by Crippen LogP contribution is -2.40. The summed E-state index contributed by atoms with van der Waals surface area (Å²) in [6.07, 6.45) is 1.13. The number of carbonyl (C=O) groups excluding carboxylic acids is 1. The van der Waals surface area contributed by atoms with E-state index in [0.29, 0.717) is 12.3 Å². The normalized spacial score (nSPS) is 18.2. The molecule has 98 valence electrons. The first kappa shape index (κ1) is 12.9. The van der Waals surface area contributed by atoms with Crippen molar-refractivity contribution < 1.29 is 14.3 Å². The molecule has 1 aromatic rings. The van der Waals surface area contributed by atoms with Gasteiger partial charge in [0.1, 0.15) is 18.6 Å². The van der Waals surface area contributed by atoms with Gasteiger partial charge in [0.25, 0.3) is 0 Å². The molecule has 0 spiro atoms. The molecule has 2 rings (SSSR count). The van der Waals surface area contributed by atoms with E-state index < -0.39 is 0 Å². The second kappa shape index (κ2) is 5.40. The monoisotopic (exact) mass is 249 g/mol. The van der Waals surface area contributed by atoms with E-state index in [1.807, 2.05) is 18.2 Å². The van der Waals surface area contributed by atoms with E-state index in [9.17, 15) is 4.79 Å². The first-order chi connectivity index (χ1) is 8.65. The fourth-order valence-corrected chi connectivity index (χ4v) is 2.13. The molecule has 0 amide bonds. The Balaban J connectivity index is 2.36. The van der Waals surface area contributed by atoms with Crippen molar-refractivity contribution in [3.05, 3.63) is 23.8 Å². The average molecular weight is 249 g/mol. The highest BCUT2D eigenvalue weighted by Crippen LogP contribution is 2.34. The van der Waals surface area contributed by atoms with Gasteiger partial charge in [-0.15, -0.1) is 0 Å². The summed E-state index contributed by atoms with van der Waals surface area (Å²) in [5.41, 5.74) is 1.64. The Morgan fingerprint density at radius 2 is 2.33 bits per heavy atom. The van der Waals surface area contributed by atoms with Crippen LogP contribution in [0.15, 0.2) is 18.2 Å². The number of anilines is 1. The Bertz CT molecular complexity index is 445. The number of Topliss-reactive ketones (excluding diaryl/α,β-unsaturated/α-hetero) is 1. The van der Waals surface area contributed by atoms with Crippen LogP contribution in [-0.2, 0) is 4.74 Å². The first-order valence-electron chi connectivity index (χ1n) is 6.21. The third-order valence-corrected chi connectivity index (χ3v) is 3.16. The number of ether oxygens (including phenoxy) is 2. The minimum Gasteiger partial charge on any atom is -0.486 e. The predicted octanol–water partition coefficient (Wildman–Crippen LogP) is 2.47. The molecule has 18 heavy (non-hydrogen) atoms. The molecule has 1 aromatic carbocycles. The van der Waals surface area contributed by atoms with E-state index in [1.165, 1.54) is 0 Å². The van der Waals surface area contributed by atoms with Gasteiger partial charge in [0.05, 0.1) is 12.2 Å². The summed E-state index contributed by atoms with van der Waals surface area (Å²) in [5.74, 6) is 0.892. The minimum absolute atomic E-state index is 0.0628. The minimum atomic E-state index is 0.0628. The van der Waals surface area contributed by atoms with E-state index >= 15 is 0 Å². The Labute approximate surface area is 107 Å². The molecule has 0 aliphatic carbocycles. The number of carbonyl (C=O) groups is 1. The Hall–Kier alpha value is -1.55. The molecule has 0 saturated carbocycles. The summed E-state index contributed by atoms with van der Waals surface area (Å²) in [7, 11) is 1.67. The average Bonchev–Trinajstić information content (AvgIpc) is 2.38. The molecular formula is C14H19NO3. The van der Waals surface area contributed by atoms with Crippen molar-refractivity contribution in [1.82, 2.24) is 0 Å². The number of rotatable bonds is 4. The second-order valence-electron chi connectivity index (χ2n) is 4.53. The van der Waals surface area contributed by atoms with Crippen LogP contribution in [-0.4, -0.2) is 32.3 Å². The van der Waals surface area contributed by atoms with Crippen LogP contribution < -0.4 is 9.64 Å². The molecule has 1 atom stereocenters. The van der Waals surface area contributed by atoms with Gasteiger partial charge < -0.3 is 14.4 Å². The first-order valence-corrected chi connectivity index (χ1v) is 6.21. The number of hydrogen-bond donors (Lipinski definition) is 0. The molecule has 0 saturated heterocycles.